The van der Waals surface area contributed by atoms with Gasteiger partial charge in [-0.15, -0.1) is 11.3 Å². The topological polar surface area (TPSA) is 40.5 Å². The van der Waals surface area contributed by atoms with Gasteiger partial charge >= 0.3 is 0 Å². The summed E-state index contributed by atoms with van der Waals surface area (Å²) >= 11 is 5.13. The van der Waals surface area contributed by atoms with E-state index in [2.05, 4.69) is 73.6 Å². The first kappa shape index (κ1) is 17.6. The lowest BCUT2D eigenvalue weighted by Crippen LogP contribution is -2.09. The molecule has 0 spiro atoms. The second-order valence-corrected chi connectivity index (χ2v) is 7.59. The molecule has 0 saturated carbocycles. The summed E-state index contributed by atoms with van der Waals surface area (Å²) in [7, 11) is 4.03. The average molecular weight is 415 g/mol. The Morgan fingerprint density at radius 1 is 1.16 bits per heavy atom. The van der Waals surface area contributed by atoms with Crippen LogP contribution < -0.4 is 10.3 Å². The van der Waals surface area contributed by atoms with E-state index in [9.17, 15) is 0 Å². The molecule has 6 heteroatoms. The number of aryl methyl sites for hydroxylation is 1. The molecule has 0 aliphatic heterocycles. The number of benzene rings is 2. The van der Waals surface area contributed by atoms with Crippen LogP contribution in [0.25, 0.3) is 11.3 Å². The van der Waals surface area contributed by atoms with Crippen LogP contribution in [0.1, 0.15) is 11.1 Å². The summed E-state index contributed by atoms with van der Waals surface area (Å²) in [6.07, 6.45) is 1.79. The fourth-order valence-electron chi connectivity index (χ4n) is 2.31. The van der Waals surface area contributed by atoms with E-state index >= 15 is 0 Å². The lowest BCUT2D eigenvalue weighted by atomic mass is 10.1. The summed E-state index contributed by atoms with van der Waals surface area (Å²) < 4.78 is 1.04. The molecule has 0 fully saturated rings. The Kier molecular flexibility index (Phi) is 5.50. The van der Waals surface area contributed by atoms with E-state index < -0.39 is 0 Å². The third-order valence-electron chi connectivity index (χ3n) is 3.68. The highest BCUT2D eigenvalue weighted by molar-refractivity contribution is 9.10. The quantitative estimate of drug-likeness (QED) is 0.449. The lowest BCUT2D eigenvalue weighted by molar-refractivity contribution is 1.12. The summed E-state index contributed by atoms with van der Waals surface area (Å²) in [6, 6.07) is 14.5. The summed E-state index contributed by atoms with van der Waals surface area (Å²) in [6.45, 7) is 2.08. The first-order valence-electron chi connectivity index (χ1n) is 7.81. The summed E-state index contributed by atoms with van der Waals surface area (Å²) in [5, 5.41) is 7.09. The van der Waals surface area contributed by atoms with Crippen LogP contribution in [0.3, 0.4) is 0 Å². The van der Waals surface area contributed by atoms with E-state index in [4.69, 9.17) is 0 Å². The Morgan fingerprint density at radius 2 is 1.92 bits per heavy atom. The van der Waals surface area contributed by atoms with Crippen LogP contribution >= 0.6 is 27.3 Å². The molecule has 4 nitrogen and oxygen atoms in total. The summed E-state index contributed by atoms with van der Waals surface area (Å²) in [5.41, 5.74) is 8.46. The van der Waals surface area contributed by atoms with Crippen molar-refractivity contribution in [1.29, 1.82) is 0 Å². The van der Waals surface area contributed by atoms with Crippen LogP contribution in [-0.2, 0) is 0 Å². The van der Waals surface area contributed by atoms with Gasteiger partial charge in [0.15, 0.2) is 0 Å². The van der Waals surface area contributed by atoms with Crippen molar-refractivity contribution in [2.24, 2.45) is 5.10 Å². The second-order valence-electron chi connectivity index (χ2n) is 5.88. The first-order chi connectivity index (χ1) is 12.0. The number of anilines is 2. The van der Waals surface area contributed by atoms with E-state index in [0.717, 1.165) is 32.1 Å². The third kappa shape index (κ3) is 4.46. The molecule has 1 N–H and O–H groups in total. The Balaban J connectivity index is 1.67. The van der Waals surface area contributed by atoms with Crippen molar-refractivity contribution in [2.45, 2.75) is 6.92 Å². The molecule has 0 amide bonds. The molecule has 1 aromatic heterocycles. The second kappa shape index (κ2) is 7.80. The first-order valence-corrected chi connectivity index (χ1v) is 9.49. The highest BCUT2D eigenvalue weighted by atomic mass is 79.9. The number of hydrogen-bond donors (Lipinski definition) is 1. The molecule has 0 aliphatic rings. The summed E-state index contributed by atoms with van der Waals surface area (Å²) in [4.78, 5) is 6.63. The van der Waals surface area contributed by atoms with Crippen molar-refractivity contribution in [3.63, 3.8) is 0 Å². The normalized spacial score (nSPS) is 11.0. The van der Waals surface area contributed by atoms with Gasteiger partial charge in [0.05, 0.1) is 17.6 Å². The maximum atomic E-state index is 4.57. The van der Waals surface area contributed by atoms with Crippen molar-refractivity contribution in [2.75, 3.05) is 24.4 Å². The van der Waals surface area contributed by atoms with Crippen LogP contribution in [0.2, 0.25) is 0 Å². The maximum Gasteiger partial charge on any atom is 0.203 e. The number of hydrazone groups is 1. The maximum absolute atomic E-state index is 4.57. The number of nitrogens with zero attached hydrogens (tertiary/aromatic N) is 3. The van der Waals surface area contributed by atoms with E-state index in [1.165, 1.54) is 5.56 Å². The van der Waals surface area contributed by atoms with Crippen molar-refractivity contribution < 1.29 is 0 Å². The van der Waals surface area contributed by atoms with Crippen LogP contribution in [0, 0.1) is 6.92 Å². The molecule has 0 unspecified atom stereocenters. The molecule has 0 aliphatic carbocycles. The molecule has 3 rings (SSSR count). The minimum absolute atomic E-state index is 0.774. The molecule has 0 bridgehead atoms. The van der Waals surface area contributed by atoms with Crippen LogP contribution in [0.4, 0.5) is 10.8 Å². The standard InChI is InChI=1S/C19H19BrN4S/c1-13-4-7-15(8-5-13)17-12-25-19(22-17)23-21-11-14-6-9-18(24(2)3)16(20)10-14/h4-12H,1-3H3,(H,22,23). The molecule has 0 saturated heterocycles. The van der Waals surface area contributed by atoms with Crippen LogP contribution in [0.5, 0.6) is 0 Å². The van der Waals surface area contributed by atoms with E-state index in [0.29, 0.717) is 0 Å². The number of halogens is 1. The number of rotatable bonds is 5. The predicted molar refractivity (Wildman–Crippen MR) is 112 cm³/mol. The van der Waals surface area contributed by atoms with Crippen LogP contribution in [0.15, 0.2) is 57.4 Å². The van der Waals surface area contributed by atoms with E-state index in [1.54, 1.807) is 17.6 Å². The fraction of sp³-hybridized carbons (Fsp3) is 0.158. The Hall–Kier alpha value is -2.18. The zero-order chi connectivity index (χ0) is 17.8. The zero-order valence-corrected chi connectivity index (χ0v) is 16.7. The predicted octanol–water partition coefficient (Wildman–Crippen LogP) is 5.39. The molecule has 2 aromatic carbocycles. The molecular formula is C19H19BrN4S. The number of hydrogen-bond acceptors (Lipinski definition) is 5. The highest BCUT2D eigenvalue weighted by Crippen LogP contribution is 2.26. The van der Waals surface area contributed by atoms with Gasteiger partial charge in [-0.3, -0.25) is 5.43 Å². The van der Waals surface area contributed by atoms with Gasteiger partial charge in [0, 0.05) is 29.5 Å². The monoisotopic (exact) mass is 414 g/mol. The number of nitrogens with one attached hydrogen (secondary N) is 1. The third-order valence-corrected chi connectivity index (χ3v) is 5.06. The SMILES string of the molecule is Cc1ccc(-c2csc(NN=Cc3ccc(N(C)C)c(Br)c3)n2)cc1. The minimum Gasteiger partial charge on any atom is -0.377 e. The molecule has 3 aromatic rings. The molecule has 1 heterocycles. The zero-order valence-electron chi connectivity index (χ0n) is 14.3. The van der Waals surface area contributed by atoms with Gasteiger partial charge in [0.1, 0.15) is 0 Å². The summed E-state index contributed by atoms with van der Waals surface area (Å²) in [5.74, 6) is 0. The Bertz CT molecular complexity index is 885. The van der Waals surface area contributed by atoms with E-state index in [-0.39, 0.29) is 0 Å². The van der Waals surface area contributed by atoms with Crippen molar-refractivity contribution in [3.05, 3.63) is 63.4 Å². The van der Waals surface area contributed by atoms with Gasteiger partial charge in [-0.05, 0) is 40.5 Å². The van der Waals surface area contributed by atoms with Crippen molar-refractivity contribution in [1.82, 2.24) is 4.98 Å². The number of thiazole rings is 1. The van der Waals surface area contributed by atoms with E-state index in [1.807, 2.05) is 31.6 Å². The molecule has 128 valence electrons. The van der Waals surface area contributed by atoms with Gasteiger partial charge < -0.3 is 4.90 Å². The molecule has 25 heavy (non-hydrogen) atoms. The molecule has 0 atom stereocenters. The minimum atomic E-state index is 0.774. The van der Waals surface area contributed by atoms with Crippen molar-refractivity contribution in [3.8, 4) is 11.3 Å². The van der Waals surface area contributed by atoms with Gasteiger partial charge in [-0.25, -0.2) is 4.98 Å². The fourth-order valence-corrected chi connectivity index (χ4v) is 3.73. The van der Waals surface area contributed by atoms with Crippen molar-refractivity contribution >= 4 is 44.3 Å². The average Bonchev–Trinajstić information content (AvgIpc) is 3.04. The number of aromatic nitrogens is 1. The van der Waals surface area contributed by atoms with Crippen LogP contribution in [-0.4, -0.2) is 25.3 Å². The van der Waals surface area contributed by atoms with Gasteiger partial charge in [0.2, 0.25) is 5.13 Å². The Morgan fingerprint density at radius 3 is 2.60 bits per heavy atom. The highest BCUT2D eigenvalue weighted by Gasteiger charge is 2.04. The van der Waals surface area contributed by atoms with Gasteiger partial charge in [-0.2, -0.15) is 5.10 Å². The smallest absolute Gasteiger partial charge is 0.203 e. The van der Waals surface area contributed by atoms with Gasteiger partial charge in [-0.1, -0.05) is 35.9 Å². The Labute approximate surface area is 160 Å². The largest absolute Gasteiger partial charge is 0.377 e. The molecule has 0 radical (unpaired) electrons. The van der Waals surface area contributed by atoms with Gasteiger partial charge in [0.25, 0.3) is 0 Å². The lowest BCUT2D eigenvalue weighted by Gasteiger charge is -2.14. The molecular weight excluding hydrogens is 396 g/mol.